The number of thiazole rings is 1. The van der Waals surface area contributed by atoms with E-state index in [2.05, 4.69) is 15.9 Å². The first-order valence-corrected chi connectivity index (χ1v) is 11.3. The van der Waals surface area contributed by atoms with Crippen molar-refractivity contribution in [2.75, 3.05) is 44.2 Å². The molecule has 9 heteroatoms. The summed E-state index contributed by atoms with van der Waals surface area (Å²) in [5.41, 5.74) is 2.77. The highest BCUT2D eigenvalue weighted by molar-refractivity contribution is 7.18. The molecule has 3 heterocycles. The van der Waals surface area contributed by atoms with Crippen LogP contribution in [-0.2, 0) is 17.8 Å². The van der Waals surface area contributed by atoms with E-state index in [0.717, 1.165) is 55.2 Å². The molecule has 0 radical (unpaired) electrons. The van der Waals surface area contributed by atoms with Gasteiger partial charge >= 0.3 is 0 Å². The lowest BCUT2D eigenvalue weighted by molar-refractivity contribution is -0.384. The van der Waals surface area contributed by atoms with Crippen molar-refractivity contribution >= 4 is 38.8 Å². The number of hydrogen-bond acceptors (Lipinski definition) is 7. The number of benzene rings is 2. The highest BCUT2D eigenvalue weighted by Crippen LogP contribution is 2.32. The highest BCUT2D eigenvalue weighted by Gasteiger charge is 2.29. The van der Waals surface area contributed by atoms with Gasteiger partial charge in [0.05, 0.1) is 33.9 Å². The summed E-state index contributed by atoms with van der Waals surface area (Å²) in [5, 5.41) is 12.2. The van der Waals surface area contributed by atoms with Gasteiger partial charge in [0.15, 0.2) is 0 Å². The van der Waals surface area contributed by atoms with E-state index in [0.29, 0.717) is 18.8 Å². The Labute approximate surface area is 183 Å². The molecule has 3 aromatic rings. The number of rotatable bonds is 5. The zero-order chi connectivity index (χ0) is 21.4. The van der Waals surface area contributed by atoms with Gasteiger partial charge in [0, 0.05) is 44.9 Å². The molecule has 1 saturated heterocycles. The number of fused-ring (bicyclic) bond motifs is 2. The Morgan fingerprint density at radius 1 is 1.06 bits per heavy atom. The van der Waals surface area contributed by atoms with Crippen molar-refractivity contribution in [1.29, 1.82) is 0 Å². The number of aromatic nitrogens is 1. The molecule has 0 unspecified atom stereocenters. The first kappa shape index (κ1) is 20.0. The van der Waals surface area contributed by atoms with E-state index in [1.54, 1.807) is 22.3 Å². The van der Waals surface area contributed by atoms with Crippen LogP contribution >= 0.6 is 11.3 Å². The molecule has 2 aliphatic heterocycles. The van der Waals surface area contributed by atoms with Crippen molar-refractivity contribution < 1.29 is 9.72 Å². The zero-order valence-corrected chi connectivity index (χ0v) is 17.9. The Morgan fingerprint density at radius 2 is 1.84 bits per heavy atom. The second-order valence-electron chi connectivity index (χ2n) is 7.99. The molecule has 0 spiro atoms. The molecule has 31 heavy (non-hydrogen) atoms. The smallest absolute Gasteiger partial charge is 0.271 e. The molecule has 0 bridgehead atoms. The fourth-order valence-corrected chi connectivity index (χ4v) is 5.31. The van der Waals surface area contributed by atoms with Crippen LogP contribution in [0, 0.1) is 10.1 Å². The summed E-state index contributed by atoms with van der Waals surface area (Å²) in [6, 6.07) is 13.0. The summed E-state index contributed by atoms with van der Waals surface area (Å²) in [4.78, 5) is 34.6. The minimum atomic E-state index is -0.411. The van der Waals surface area contributed by atoms with Crippen LogP contribution in [0.3, 0.4) is 0 Å². The second-order valence-corrected chi connectivity index (χ2v) is 9.11. The number of piperazine rings is 1. The second kappa shape index (κ2) is 8.33. The van der Waals surface area contributed by atoms with Crippen LogP contribution in [0.25, 0.3) is 10.2 Å². The maximum atomic E-state index is 12.9. The predicted molar refractivity (Wildman–Crippen MR) is 120 cm³/mol. The van der Waals surface area contributed by atoms with Crippen LogP contribution in [0.15, 0.2) is 42.5 Å². The molecular weight excluding hydrogens is 414 g/mol. The molecule has 5 rings (SSSR count). The molecular formula is C22H23N5O3S. The number of para-hydroxylation sites is 1. The molecule has 8 nitrogen and oxygen atoms in total. The lowest BCUT2D eigenvalue weighted by atomic mass is 10.1. The van der Waals surface area contributed by atoms with E-state index < -0.39 is 4.92 Å². The average Bonchev–Trinajstić information content (AvgIpc) is 3.38. The minimum absolute atomic E-state index is 0.0128. The normalized spacial score (nSPS) is 17.2. The fourth-order valence-electron chi connectivity index (χ4n) is 4.30. The Balaban J connectivity index is 1.16. The highest BCUT2D eigenvalue weighted by atomic mass is 32.1. The van der Waals surface area contributed by atoms with Crippen LogP contribution < -0.4 is 4.90 Å². The van der Waals surface area contributed by atoms with Crippen molar-refractivity contribution in [3.63, 3.8) is 0 Å². The third-order valence-electron chi connectivity index (χ3n) is 6.00. The summed E-state index contributed by atoms with van der Waals surface area (Å²) < 4.78 is 1.22. The number of carbonyl (C=O) groups excluding carboxylic acids is 1. The van der Waals surface area contributed by atoms with Gasteiger partial charge in [-0.25, -0.2) is 4.98 Å². The SMILES string of the molecule is O=C(CN1CCN(Cc2nc3ccccc3s2)CC1)N1CCc2ccc([N+](=O)[O-])cc21. The van der Waals surface area contributed by atoms with E-state index in [1.807, 2.05) is 18.2 Å². The van der Waals surface area contributed by atoms with Gasteiger partial charge in [-0.2, -0.15) is 0 Å². The largest absolute Gasteiger partial charge is 0.310 e. The van der Waals surface area contributed by atoms with Gasteiger partial charge in [0.2, 0.25) is 5.91 Å². The third kappa shape index (κ3) is 4.16. The maximum absolute atomic E-state index is 12.9. The molecule has 0 atom stereocenters. The van der Waals surface area contributed by atoms with E-state index in [4.69, 9.17) is 4.98 Å². The fraction of sp³-hybridized carbons (Fsp3) is 0.364. The Morgan fingerprint density at radius 3 is 2.61 bits per heavy atom. The molecule has 1 fully saturated rings. The van der Waals surface area contributed by atoms with Crippen molar-refractivity contribution in [2.45, 2.75) is 13.0 Å². The van der Waals surface area contributed by atoms with Crippen molar-refractivity contribution in [3.8, 4) is 0 Å². The van der Waals surface area contributed by atoms with Crippen molar-refractivity contribution in [3.05, 3.63) is 63.1 Å². The molecule has 0 aliphatic carbocycles. The Hall–Kier alpha value is -2.88. The first-order chi connectivity index (χ1) is 15.1. The summed E-state index contributed by atoms with van der Waals surface area (Å²) in [6.07, 6.45) is 0.745. The first-order valence-electron chi connectivity index (χ1n) is 10.4. The average molecular weight is 438 g/mol. The molecule has 1 aromatic heterocycles. The van der Waals surface area contributed by atoms with Gasteiger partial charge in [-0.15, -0.1) is 11.3 Å². The van der Waals surface area contributed by atoms with Gasteiger partial charge in [-0.05, 0) is 24.1 Å². The summed E-state index contributed by atoms with van der Waals surface area (Å²) >= 11 is 1.74. The van der Waals surface area contributed by atoms with Crippen LogP contribution in [0.1, 0.15) is 10.6 Å². The number of carbonyl (C=O) groups is 1. The van der Waals surface area contributed by atoms with Crippen LogP contribution in [0.4, 0.5) is 11.4 Å². The molecule has 1 amide bonds. The summed E-state index contributed by atoms with van der Waals surface area (Å²) in [7, 11) is 0. The number of nitro benzene ring substituents is 1. The topological polar surface area (TPSA) is 82.8 Å². The lowest BCUT2D eigenvalue weighted by Crippen LogP contribution is -2.49. The Bertz CT molecular complexity index is 1110. The predicted octanol–water partition coefficient (Wildman–Crippen LogP) is 2.91. The number of nitro groups is 1. The molecule has 160 valence electrons. The van der Waals surface area contributed by atoms with Crippen LogP contribution in [0.2, 0.25) is 0 Å². The van der Waals surface area contributed by atoms with Gasteiger partial charge in [0.1, 0.15) is 5.01 Å². The van der Waals surface area contributed by atoms with Crippen molar-refractivity contribution in [2.24, 2.45) is 0 Å². The number of nitrogens with zero attached hydrogens (tertiary/aromatic N) is 5. The van der Waals surface area contributed by atoms with E-state index in [-0.39, 0.29) is 11.6 Å². The molecule has 0 N–H and O–H groups in total. The van der Waals surface area contributed by atoms with Gasteiger partial charge in [-0.1, -0.05) is 18.2 Å². The molecule has 0 saturated carbocycles. The van der Waals surface area contributed by atoms with Crippen LogP contribution in [0.5, 0.6) is 0 Å². The number of non-ortho nitro benzene ring substituents is 1. The standard InChI is InChI=1S/C22H23N5O3S/c28-22(26-8-7-16-5-6-17(27(29)30)13-19(16)26)15-25-11-9-24(10-12-25)14-21-23-18-3-1-2-4-20(18)31-21/h1-6,13H,7-12,14-15H2. The van der Waals surface area contributed by atoms with Gasteiger partial charge in [0.25, 0.3) is 5.69 Å². The summed E-state index contributed by atoms with van der Waals surface area (Å²) in [6.45, 7) is 5.21. The Kier molecular flexibility index (Phi) is 5.39. The van der Waals surface area contributed by atoms with Gasteiger partial charge in [-0.3, -0.25) is 24.7 Å². The summed E-state index contributed by atoms with van der Waals surface area (Å²) in [5.74, 6) is 0.0128. The minimum Gasteiger partial charge on any atom is -0.310 e. The molecule has 2 aromatic carbocycles. The maximum Gasteiger partial charge on any atom is 0.271 e. The number of hydrogen-bond donors (Lipinski definition) is 0. The molecule has 2 aliphatic rings. The number of anilines is 1. The quantitative estimate of drug-likeness (QED) is 0.451. The zero-order valence-electron chi connectivity index (χ0n) is 17.1. The van der Waals surface area contributed by atoms with Crippen molar-refractivity contribution in [1.82, 2.24) is 14.8 Å². The monoisotopic (exact) mass is 437 g/mol. The number of amides is 1. The lowest BCUT2D eigenvalue weighted by Gasteiger charge is -2.34. The van der Waals surface area contributed by atoms with Crippen LogP contribution in [-0.4, -0.2) is 64.9 Å². The third-order valence-corrected chi connectivity index (χ3v) is 7.02. The van der Waals surface area contributed by atoms with E-state index in [9.17, 15) is 14.9 Å². The van der Waals surface area contributed by atoms with E-state index in [1.165, 1.54) is 16.8 Å². The van der Waals surface area contributed by atoms with Gasteiger partial charge < -0.3 is 4.90 Å². The van der Waals surface area contributed by atoms with E-state index >= 15 is 0 Å².